The monoisotopic (exact) mass is 289 g/mol. The minimum absolute atomic E-state index is 0.530. The van der Waals surface area contributed by atoms with E-state index >= 15 is 0 Å². The smallest absolute Gasteiger partial charge is 0.0687 e. The highest BCUT2D eigenvalue weighted by Crippen LogP contribution is 2.41. The van der Waals surface area contributed by atoms with E-state index in [1.54, 1.807) is 11.3 Å². The van der Waals surface area contributed by atoms with Crippen molar-refractivity contribution in [2.24, 2.45) is 5.73 Å². The zero-order valence-electron chi connectivity index (χ0n) is 13.8. The van der Waals surface area contributed by atoms with Crippen LogP contribution in [0.25, 0.3) is 0 Å². The molecule has 3 rings (SSSR count). The Morgan fingerprint density at radius 2 is 1.90 bits per heavy atom. The van der Waals surface area contributed by atoms with Gasteiger partial charge in [-0.05, 0) is 62.5 Å². The first-order valence-corrected chi connectivity index (χ1v) is 9.03. The van der Waals surface area contributed by atoms with Crippen LogP contribution in [0.3, 0.4) is 0 Å². The van der Waals surface area contributed by atoms with E-state index in [0.717, 1.165) is 13.0 Å². The Morgan fingerprint density at radius 1 is 1.14 bits per heavy atom. The summed E-state index contributed by atoms with van der Waals surface area (Å²) in [5.74, 6) is 1.19. The Labute approximate surface area is 129 Å². The molecule has 118 valence electrons. The molecule has 0 bridgehead atoms. The van der Waals surface area contributed by atoms with Crippen LogP contribution in [0, 0.1) is 0 Å². The third kappa shape index (κ3) is 2.90. The van der Waals surface area contributed by atoms with Crippen LogP contribution in [0.5, 0.6) is 0 Å². The summed E-state index contributed by atoms with van der Waals surface area (Å²) in [6.07, 6.45) is 11.8. The standard InChI is InChI=1S/C18H31N3/c1-13(2)18-17-14(11-12-19)7-6-10-16(17)21(20-18)15-8-4-3-5-9-15/h13-15H,3-12,19H2,1-2H3. The highest BCUT2D eigenvalue weighted by Gasteiger charge is 2.31. The Bertz CT molecular complexity index is 469. The van der Waals surface area contributed by atoms with Crippen LogP contribution in [0.2, 0.25) is 0 Å². The van der Waals surface area contributed by atoms with Gasteiger partial charge in [0.2, 0.25) is 0 Å². The van der Waals surface area contributed by atoms with E-state index in [1.807, 2.05) is 0 Å². The summed E-state index contributed by atoms with van der Waals surface area (Å²) in [7, 11) is 0. The van der Waals surface area contributed by atoms with E-state index in [9.17, 15) is 0 Å². The molecule has 1 saturated carbocycles. The number of fused-ring (bicyclic) bond motifs is 1. The van der Waals surface area contributed by atoms with Crippen LogP contribution >= 0.6 is 0 Å². The maximum Gasteiger partial charge on any atom is 0.0687 e. The van der Waals surface area contributed by atoms with E-state index in [1.165, 1.54) is 57.1 Å². The Morgan fingerprint density at radius 3 is 2.57 bits per heavy atom. The third-order valence-corrected chi connectivity index (χ3v) is 5.44. The van der Waals surface area contributed by atoms with Crippen LogP contribution in [0.15, 0.2) is 0 Å². The predicted octanol–water partition coefficient (Wildman–Crippen LogP) is 4.28. The number of nitrogens with two attached hydrogens (primary N) is 1. The van der Waals surface area contributed by atoms with Crippen LogP contribution in [-0.4, -0.2) is 16.3 Å². The van der Waals surface area contributed by atoms with Crippen molar-refractivity contribution < 1.29 is 0 Å². The van der Waals surface area contributed by atoms with Gasteiger partial charge in [0.05, 0.1) is 11.7 Å². The maximum atomic E-state index is 5.87. The van der Waals surface area contributed by atoms with Gasteiger partial charge in [0.15, 0.2) is 0 Å². The number of aromatic nitrogens is 2. The average molecular weight is 289 g/mol. The molecule has 2 aliphatic rings. The van der Waals surface area contributed by atoms with E-state index < -0.39 is 0 Å². The molecule has 0 saturated heterocycles. The molecule has 0 radical (unpaired) electrons. The van der Waals surface area contributed by atoms with Crippen molar-refractivity contribution in [3.8, 4) is 0 Å². The highest BCUT2D eigenvalue weighted by molar-refractivity contribution is 5.35. The number of rotatable bonds is 4. The summed E-state index contributed by atoms with van der Waals surface area (Å²) in [5, 5.41) is 5.12. The average Bonchev–Trinajstić information content (AvgIpc) is 2.89. The van der Waals surface area contributed by atoms with Crippen LogP contribution < -0.4 is 5.73 Å². The molecule has 0 aliphatic heterocycles. The van der Waals surface area contributed by atoms with Crippen molar-refractivity contribution in [2.45, 2.75) is 89.5 Å². The van der Waals surface area contributed by atoms with Crippen molar-refractivity contribution in [1.29, 1.82) is 0 Å². The van der Waals surface area contributed by atoms with Crippen LogP contribution in [0.4, 0.5) is 0 Å². The summed E-state index contributed by atoms with van der Waals surface area (Å²) in [4.78, 5) is 0. The molecule has 2 N–H and O–H groups in total. The second-order valence-corrected chi connectivity index (χ2v) is 7.30. The van der Waals surface area contributed by atoms with Gasteiger partial charge in [0.1, 0.15) is 0 Å². The van der Waals surface area contributed by atoms with Gasteiger partial charge in [-0.15, -0.1) is 0 Å². The molecule has 1 atom stereocenters. The summed E-state index contributed by atoms with van der Waals surface area (Å²) < 4.78 is 2.45. The fourth-order valence-corrected chi connectivity index (χ4v) is 4.40. The number of hydrogen-bond acceptors (Lipinski definition) is 2. The predicted molar refractivity (Wildman–Crippen MR) is 87.8 cm³/mol. The molecule has 1 fully saturated rings. The van der Waals surface area contributed by atoms with Gasteiger partial charge in [0, 0.05) is 5.69 Å². The lowest BCUT2D eigenvalue weighted by molar-refractivity contribution is 0.317. The van der Waals surface area contributed by atoms with Gasteiger partial charge in [-0.3, -0.25) is 4.68 Å². The molecule has 0 amide bonds. The minimum Gasteiger partial charge on any atom is -0.330 e. The molecule has 0 spiro atoms. The van der Waals surface area contributed by atoms with Gasteiger partial charge in [-0.25, -0.2) is 0 Å². The van der Waals surface area contributed by atoms with Gasteiger partial charge in [0.25, 0.3) is 0 Å². The summed E-state index contributed by atoms with van der Waals surface area (Å²) >= 11 is 0. The number of nitrogens with zero attached hydrogens (tertiary/aromatic N) is 2. The second kappa shape index (κ2) is 6.51. The van der Waals surface area contributed by atoms with Crippen molar-refractivity contribution >= 4 is 0 Å². The molecule has 2 aliphatic carbocycles. The van der Waals surface area contributed by atoms with E-state index in [0.29, 0.717) is 17.9 Å². The van der Waals surface area contributed by atoms with E-state index in [4.69, 9.17) is 10.8 Å². The topological polar surface area (TPSA) is 43.8 Å². The Balaban J connectivity index is 2.00. The molecule has 3 nitrogen and oxygen atoms in total. The minimum atomic E-state index is 0.530. The fourth-order valence-electron chi connectivity index (χ4n) is 4.40. The van der Waals surface area contributed by atoms with Crippen molar-refractivity contribution in [1.82, 2.24) is 9.78 Å². The third-order valence-electron chi connectivity index (χ3n) is 5.44. The first-order chi connectivity index (χ1) is 10.2. The lowest BCUT2D eigenvalue weighted by Crippen LogP contribution is -2.20. The molecule has 1 aromatic rings. The van der Waals surface area contributed by atoms with Gasteiger partial charge >= 0.3 is 0 Å². The van der Waals surface area contributed by atoms with Gasteiger partial charge in [-0.2, -0.15) is 5.10 Å². The summed E-state index contributed by atoms with van der Waals surface area (Å²) in [5.41, 5.74) is 10.4. The quantitative estimate of drug-likeness (QED) is 0.899. The second-order valence-electron chi connectivity index (χ2n) is 7.30. The molecular weight excluding hydrogens is 258 g/mol. The summed E-state index contributed by atoms with van der Waals surface area (Å²) in [6, 6.07) is 0.664. The molecule has 21 heavy (non-hydrogen) atoms. The molecule has 3 heteroatoms. The molecule has 1 heterocycles. The Hall–Kier alpha value is -0.830. The first-order valence-electron chi connectivity index (χ1n) is 9.03. The van der Waals surface area contributed by atoms with E-state index in [2.05, 4.69) is 18.5 Å². The normalized spacial score (nSPS) is 23.5. The first kappa shape index (κ1) is 15.1. The number of hydrogen-bond donors (Lipinski definition) is 1. The fraction of sp³-hybridized carbons (Fsp3) is 0.833. The highest BCUT2D eigenvalue weighted by atomic mass is 15.3. The largest absolute Gasteiger partial charge is 0.330 e. The van der Waals surface area contributed by atoms with Crippen molar-refractivity contribution in [2.75, 3.05) is 6.54 Å². The lowest BCUT2D eigenvalue weighted by Gasteiger charge is -2.28. The molecular formula is C18H31N3. The lowest BCUT2D eigenvalue weighted by atomic mass is 9.81. The van der Waals surface area contributed by atoms with Crippen LogP contribution in [0.1, 0.15) is 100 Å². The van der Waals surface area contributed by atoms with Crippen LogP contribution in [-0.2, 0) is 6.42 Å². The van der Waals surface area contributed by atoms with Crippen molar-refractivity contribution in [3.63, 3.8) is 0 Å². The summed E-state index contributed by atoms with van der Waals surface area (Å²) in [6.45, 7) is 5.39. The SMILES string of the molecule is CC(C)c1nn(C2CCCCC2)c2c1C(CCN)CCC2. The zero-order valence-corrected chi connectivity index (χ0v) is 13.8. The molecule has 0 aromatic carbocycles. The van der Waals surface area contributed by atoms with Gasteiger partial charge < -0.3 is 5.73 Å². The molecule has 1 aromatic heterocycles. The zero-order chi connectivity index (χ0) is 14.8. The van der Waals surface area contributed by atoms with Crippen molar-refractivity contribution in [3.05, 3.63) is 17.0 Å². The van der Waals surface area contributed by atoms with Gasteiger partial charge in [-0.1, -0.05) is 33.1 Å². The molecule has 1 unspecified atom stereocenters. The maximum absolute atomic E-state index is 5.87. The Kier molecular flexibility index (Phi) is 4.68. The van der Waals surface area contributed by atoms with E-state index in [-0.39, 0.29) is 0 Å².